The first-order valence-electron chi connectivity index (χ1n) is 3.79. The van der Waals surface area contributed by atoms with E-state index >= 15 is 0 Å². The fourth-order valence-corrected chi connectivity index (χ4v) is 1.39. The highest BCUT2D eigenvalue weighted by atomic mass is 35.5. The summed E-state index contributed by atoms with van der Waals surface area (Å²) in [6, 6.07) is 3.24. The minimum atomic E-state index is -1.14. The van der Waals surface area contributed by atoms with Gasteiger partial charge >= 0.3 is 6.09 Å². The minimum Gasteiger partial charge on any atom is -0.465 e. The Balaban J connectivity index is 2.53. The molecule has 72 valence electrons. The number of benzene rings is 1. The molecule has 0 spiro atoms. The number of halogens is 1. The average molecular weight is 212 g/mol. The first-order chi connectivity index (χ1) is 6.66. The predicted octanol–water partition coefficient (Wildman–Crippen LogP) is 2.31. The highest BCUT2D eigenvalue weighted by Gasteiger charge is 2.06. The molecule has 1 aromatic carbocycles. The van der Waals surface area contributed by atoms with E-state index in [1.165, 1.54) is 0 Å². The van der Waals surface area contributed by atoms with E-state index in [4.69, 9.17) is 16.7 Å². The summed E-state index contributed by atoms with van der Waals surface area (Å²) < 4.78 is 0. The lowest BCUT2D eigenvalue weighted by Gasteiger charge is -2.02. The zero-order valence-electron chi connectivity index (χ0n) is 6.91. The van der Waals surface area contributed by atoms with Crippen LogP contribution in [0, 0.1) is 0 Å². The van der Waals surface area contributed by atoms with Crippen LogP contribution in [0.5, 0.6) is 0 Å². The minimum absolute atomic E-state index is 0.337. The van der Waals surface area contributed by atoms with Gasteiger partial charge in [0.05, 0.1) is 22.4 Å². The normalized spacial score (nSPS) is 10.4. The van der Waals surface area contributed by atoms with Crippen molar-refractivity contribution in [2.24, 2.45) is 0 Å². The molecule has 0 radical (unpaired) electrons. The number of H-pyrrole nitrogens is 1. The Kier molecular flexibility index (Phi) is 2.01. The quantitative estimate of drug-likeness (QED) is 0.677. The summed E-state index contributed by atoms with van der Waals surface area (Å²) in [6.45, 7) is 0. The van der Waals surface area contributed by atoms with Crippen molar-refractivity contribution in [2.45, 2.75) is 0 Å². The standard InChI is InChI=1S/C8H6ClN3O2/c9-5-2-6-4(3-10-12-6)1-7(5)11-8(13)14/h1-3,11H,(H,10,12)(H,13,14). The third-order valence-electron chi connectivity index (χ3n) is 1.77. The Bertz CT molecular complexity index is 494. The summed E-state index contributed by atoms with van der Waals surface area (Å²) in [5, 5.41) is 18.4. The second-order valence-corrected chi connectivity index (χ2v) is 3.13. The molecular weight excluding hydrogens is 206 g/mol. The molecule has 1 aromatic heterocycles. The van der Waals surface area contributed by atoms with Gasteiger partial charge in [0.2, 0.25) is 0 Å². The predicted molar refractivity (Wildman–Crippen MR) is 52.8 cm³/mol. The molecule has 2 rings (SSSR count). The van der Waals surface area contributed by atoms with Gasteiger partial charge in [0.15, 0.2) is 0 Å². The van der Waals surface area contributed by atoms with Gasteiger partial charge in [-0.3, -0.25) is 10.4 Å². The number of anilines is 1. The number of amides is 1. The van der Waals surface area contributed by atoms with Gasteiger partial charge in [-0.25, -0.2) is 4.79 Å². The van der Waals surface area contributed by atoms with Gasteiger partial charge < -0.3 is 5.11 Å². The number of hydrogen-bond acceptors (Lipinski definition) is 2. The van der Waals surface area contributed by atoms with E-state index < -0.39 is 6.09 Å². The SMILES string of the molecule is O=C(O)Nc1cc2cn[nH]c2cc1Cl. The van der Waals surface area contributed by atoms with Crippen LogP contribution in [-0.2, 0) is 0 Å². The van der Waals surface area contributed by atoms with Crippen LogP contribution in [0.4, 0.5) is 10.5 Å². The zero-order valence-corrected chi connectivity index (χ0v) is 7.67. The molecule has 5 nitrogen and oxygen atoms in total. The van der Waals surface area contributed by atoms with Crippen LogP contribution in [-0.4, -0.2) is 21.4 Å². The molecule has 0 aliphatic rings. The van der Waals surface area contributed by atoms with Crippen molar-refractivity contribution >= 4 is 34.3 Å². The molecule has 1 heterocycles. The molecule has 0 atom stereocenters. The topological polar surface area (TPSA) is 78.0 Å². The lowest BCUT2D eigenvalue weighted by molar-refractivity contribution is 0.210. The monoisotopic (exact) mass is 211 g/mol. The molecule has 1 amide bonds. The number of aromatic nitrogens is 2. The van der Waals surface area contributed by atoms with Crippen molar-refractivity contribution in [3.8, 4) is 0 Å². The maximum Gasteiger partial charge on any atom is 0.409 e. The largest absolute Gasteiger partial charge is 0.465 e. The van der Waals surface area contributed by atoms with E-state index in [0.29, 0.717) is 10.7 Å². The number of carbonyl (C=O) groups is 1. The number of hydrogen-bond donors (Lipinski definition) is 3. The number of rotatable bonds is 1. The second-order valence-electron chi connectivity index (χ2n) is 2.72. The van der Waals surface area contributed by atoms with E-state index in [-0.39, 0.29) is 0 Å². The molecule has 2 aromatic rings. The molecule has 14 heavy (non-hydrogen) atoms. The zero-order chi connectivity index (χ0) is 10.1. The summed E-state index contributed by atoms with van der Waals surface area (Å²) in [7, 11) is 0. The van der Waals surface area contributed by atoms with Gasteiger partial charge in [-0.15, -0.1) is 0 Å². The lowest BCUT2D eigenvalue weighted by Crippen LogP contribution is -2.07. The van der Waals surface area contributed by atoms with Crippen molar-refractivity contribution in [2.75, 3.05) is 5.32 Å². The first kappa shape index (κ1) is 8.83. The van der Waals surface area contributed by atoms with Gasteiger partial charge in [0.1, 0.15) is 0 Å². The third-order valence-corrected chi connectivity index (χ3v) is 2.08. The smallest absolute Gasteiger partial charge is 0.409 e. The highest BCUT2D eigenvalue weighted by molar-refractivity contribution is 6.34. The second kappa shape index (κ2) is 3.19. The molecular formula is C8H6ClN3O2. The number of aromatic amines is 1. The van der Waals surface area contributed by atoms with Crippen molar-refractivity contribution in [3.63, 3.8) is 0 Å². The summed E-state index contributed by atoms with van der Waals surface area (Å²) in [5.74, 6) is 0. The van der Waals surface area contributed by atoms with E-state index in [9.17, 15) is 4.79 Å². The lowest BCUT2D eigenvalue weighted by atomic mass is 10.2. The van der Waals surface area contributed by atoms with Crippen LogP contribution in [0.25, 0.3) is 10.9 Å². The van der Waals surface area contributed by atoms with Gasteiger partial charge in [-0.05, 0) is 12.1 Å². The fourth-order valence-electron chi connectivity index (χ4n) is 1.18. The van der Waals surface area contributed by atoms with Crippen molar-refractivity contribution in [1.29, 1.82) is 0 Å². The van der Waals surface area contributed by atoms with E-state index in [0.717, 1.165) is 10.9 Å². The van der Waals surface area contributed by atoms with Gasteiger partial charge in [-0.1, -0.05) is 11.6 Å². The van der Waals surface area contributed by atoms with Crippen LogP contribution in [0.2, 0.25) is 5.02 Å². The van der Waals surface area contributed by atoms with Crippen molar-refractivity contribution in [3.05, 3.63) is 23.4 Å². The summed E-state index contributed by atoms with van der Waals surface area (Å²) in [5.41, 5.74) is 1.12. The van der Waals surface area contributed by atoms with E-state index in [1.807, 2.05) is 0 Å². The highest BCUT2D eigenvalue weighted by Crippen LogP contribution is 2.26. The molecule has 0 aliphatic carbocycles. The number of nitrogens with zero attached hydrogens (tertiary/aromatic N) is 1. The number of fused-ring (bicyclic) bond motifs is 1. The Labute approximate surface area is 83.7 Å². The molecule has 0 unspecified atom stereocenters. The Morgan fingerprint density at radius 1 is 1.57 bits per heavy atom. The van der Waals surface area contributed by atoms with Crippen LogP contribution >= 0.6 is 11.6 Å². The number of nitrogens with one attached hydrogen (secondary N) is 2. The molecule has 0 fully saturated rings. The van der Waals surface area contributed by atoms with E-state index in [2.05, 4.69) is 15.5 Å². The van der Waals surface area contributed by atoms with Crippen LogP contribution in [0.15, 0.2) is 18.3 Å². The maximum atomic E-state index is 10.4. The summed E-state index contributed by atoms with van der Waals surface area (Å²) in [4.78, 5) is 10.4. The molecule has 6 heteroatoms. The average Bonchev–Trinajstić information content (AvgIpc) is 2.51. The van der Waals surface area contributed by atoms with Gasteiger partial charge in [0.25, 0.3) is 0 Å². The molecule has 3 N–H and O–H groups in total. The van der Waals surface area contributed by atoms with Gasteiger partial charge in [0, 0.05) is 5.39 Å². The van der Waals surface area contributed by atoms with Crippen molar-refractivity contribution in [1.82, 2.24) is 10.2 Å². The maximum absolute atomic E-state index is 10.4. The van der Waals surface area contributed by atoms with Crippen LogP contribution in [0.3, 0.4) is 0 Å². The summed E-state index contributed by atoms with van der Waals surface area (Å²) >= 11 is 5.83. The third kappa shape index (κ3) is 1.49. The Morgan fingerprint density at radius 3 is 3.07 bits per heavy atom. The van der Waals surface area contributed by atoms with Crippen molar-refractivity contribution < 1.29 is 9.90 Å². The fraction of sp³-hybridized carbons (Fsp3) is 0. The Hall–Kier alpha value is -1.75. The molecule has 0 saturated carbocycles. The Morgan fingerprint density at radius 2 is 2.36 bits per heavy atom. The van der Waals surface area contributed by atoms with Crippen LogP contribution in [0.1, 0.15) is 0 Å². The van der Waals surface area contributed by atoms with Crippen LogP contribution < -0.4 is 5.32 Å². The molecule has 0 aliphatic heterocycles. The van der Waals surface area contributed by atoms with E-state index in [1.54, 1.807) is 18.3 Å². The first-order valence-corrected chi connectivity index (χ1v) is 4.17. The number of carboxylic acid groups (broad SMARTS) is 1. The van der Waals surface area contributed by atoms with Gasteiger partial charge in [-0.2, -0.15) is 5.10 Å². The molecule has 0 bridgehead atoms. The molecule has 0 saturated heterocycles. The summed E-state index contributed by atoms with van der Waals surface area (Å²) in [6.07, 6.45) is 0.452.